The fraction of sp³-hybridized carbons (Fsp3) is 0.391. The van der Waals surface area contributed by atoms with Gasteiger partial charge >= 0.3 is 5.97 Å². The van der Waals surface area contributed by atoms with E-state index in [0.29, 0.717) is 23.5 Å². The Morgan fingerprint density at radius 2 is 1.76 bits per heavy atom. The van der Waals surface area contributed by atoms with Crippen molar-refractivity contribution >= 4 is 11.9 Å². The molecule has 3 rings (SSSR count). The monoisotopic (exact) mass is 397 g/mol. The zero-order valence-electron chi connectivity index (χ0n) is 17.4. The van der Waals surface area contributed by atoms with Gasteiger partial charge in [0.2, 0.25) is 0 Å². The standard InChI is InChI=1S/C23H27NO5/c1-22(2,3)23(4)28-18-13-9-12-16(19(18)29-23)20(25)24-17(21(26)27-5)14-15-10-7-6-8-11-15/h6-13,17H,14H2,1-5H3,(H,24,25)/t17-,23?/m0/s1. The zero-order chi connectivity index (χ0) is 21.2. The van der Waals surface area contributed by atoms with Crippen molar-refractivity contribution in [1.29, 1.82) is 0 Å². The average Bonchev–Trinajstić information content (AvgIpc) is 3.05. The largest absolute Gasteiger partial charge is 0.467 e. The number of ether oxygens (including phenoxy) is 3. The third-order valence-electron chi connectivity index (χ3n) is 5.26. The molecule has 0 fully saturated rings. The van der Waals surface area contributed by atoms with Gasteiger partial charge in [0.15, 0.2) is 11.5 Å². The van der Waals surface area contributed by atoms with E-state index in [1.807, 2.05) is 58.0 Å². The first kappa shape index (κ1) is 20.7. The summed E-state index contributed by atoms with van der Waals surface area (Å²) >= 11 is 0. The van der Waals surface area contributed by atoms with Crippen molar-refractivity contribution in [2.45, 2.75) is 45.9 Å². The molecule has 1 aliphatic rings. The minimum atomic E-state index is -0.905. The van der Waals surface area contributed by atoms with Gasteiger partial charge in [0, 0.05) is 18.8 Å². The first-order valence-corrected chi connectivity index (χ1v) is 9.58. The van der Waals surface area contributed by atoms with Crippen molar-refractivity contribution in [2.75, 3.05) is 7.11 Å². The van der Waals surface area contributed by atoms with E-state index in [1.165, 1.54) is 7.11 Å². The number of hydrogen-bond acceptors (Lipinski definition) is 5. The Hall–Kier alpha value is -3.02. The molecule has 0 bridgehead atoms. The number of amides is 1. The van der Waals surface area contributed by atoms with Gasteiger partial charge < -0.3 is 19.5 Å². The van der Waals surface area contributed by atoms with E-state index in [9.17, 15) is 9.59 Å². The van der Waals surface area contributed by atoms with Crippen LogP contribution in [0.4, 0.5) is 0 Å². The number of rotatable bonds is 5. The quantitative estimate of drug-likeness (QED) is 0.778. The molecule has 0 aromatic heterocycles. The van der Waals surface area contributed by atoms with Crippen molar-refractivity contribution in [3.63, 3.8) is 0 Å². The fourth-order valence-corrected chi connectivity index (χ4v) is 3.03. The van der Waals surface area contributed by atoms with Crippen LogP contribution in [0.2, 0.25) is 0 Å². The van der Waals surface area contributed by atoms with Crippen LogP contribution in [0, 0.1) is 5.41 Å². The maximum absolute atomic E-state index is 13.0. The van der Waals surface area contributed by atoms with Gasteiger partial charge in [0.05, 0.1) is 12.7 Å². The third kappa shape index (κ3) is 4.21. The molecule has 0 radical (unpaired) electrons. The van der Waals surface area contributed by atoms with E-state index < -0.39 is 23.7 Å². The summed E-state index contributed by atoms with van der Waals surface area (Å²) in [4.78, 5) is 25.3. The number of benzene rings is 2. The molecule has 6 heteroatoms. The molecule has 1 aliphatic heterocycles. The SMILES string of the molecule is COC(=O)[C@H](Cc1ccccc1)NC(=O)c1cccc2c1OC(C)(C(C)(C)C)O2. The lowest BCUT2D eigenvalue weighted by molar-refractivity contribution is -0.143. The first-order chi connectivity index (χ1) is 13.6. The van der Waals surface area contributed by atoms with Crippen LogP contribution in [0.3, 0.4) is 0 Å². The van der Waals surface area contributed by atoms with Crippen LogP contribution >= 0.6 is 0 Å². The first-order valence-electron chi connectivity index (χ1n) is 9.58. The summed E-state index contributed by atoms with van der Waals surface area (Å²) in [6.07, 6.45) is 0.325. The van der Waals surface area contributed by atoms with Gasteiger partial charge in [-0.05, 0) is 17.7 Å². The van der Waals surface area contributed by atoms with Crippen LogP contribution in [0.25, 0.3) is 0 Å². The fourth-order valence-electron chi connectivity index (χ4n) is 3.03. The highest BCUT2D eigenvalue weighted by molar-refractivity contribution is 6.00. The number of carbonyl (C=O) groups excluding carboxylic acids is 2. The van der Waals surface area contributed by atoms with E-state index in [0.717, 1.165) is 5.56 Å². The summed E-state index contributed by atoms with van der Waals surface area (Å²) in [6.45, 7) is 7.87. The Bertz CT molecular complexity index is 903. The molecule has 2 aromatic carbocycles. The molecule has 0 saturated carbocycles. The lowest BCUT2D eigenvalue weighted by Crippen LogP contribution is -2.47. The van der Waals surface area contributed by atoms with Gasteiger partial charge in [0.25, 0.3) is 11.7 Å². The van der Waals surface area contributed by atoms with Crippen molar-refractivity contribution in [3.05, 3.63) is 59.7 Å². The number of nitrogens with one attached hydrogen (secondary N) is 1. The number of carbonyl (C=O) groups is 2. The van der Waals surface area contributed by atoms with Crippen LogP contribution in [0.15, 0.2) is 48.5 Å². The maximum atomic E-state index is 13.0. The van der Waals surface area contributed by atoms with E-state index in [1.54, 1.807) is 18.2 Å². The van der Waals surface area contributed by atoms with Gasteiger partial charge in [-0.15, -0.1) is 0 Å². The molecule has 2 atom stereocenters. The van der Waals surface area contributed by atoms with Crippen molar-refractivity contribution < 1.29 is 23.8 Å². The zero-order valence-corrected chi connectivity index (χ0v) is 17.4. The summed E-state index contributed by atoms with van der Waals surface area (Å²) in [5, 5.41) is 2.78. The minimum absolute atomic E-state index is 0.317. The summed E-state index contributed by atoms with van der Waals surface area (Å²) < 4.78 is 17.0. The second kappa shape index (κ2) is 7.78. The van der Waals surface area contributed by atoms with Crippen LogP contribution in [0.1, 0.15) is 43.6 Å². The lowest BCUT2D eigenvalue weighted by Gasteiger charge is -2.35. The molecule has 0 saturated heterocycles. The highest BCUT2D eigenvalue weighted by atomic mass is 16.7. The Morgan fingerprint density at radius 1 is 1.07 bits per heavy atom. The molecule has 6 nitrogen and oxygen atoms in total. The van der Waals surface area contributed by atoms with E-state index in [-0.39, 0.29) is 5.41 Å². The molecule has 0 aliphatic carbocycles. The molecule has 29 heavy (non-hydrogen) atoms. The van der Waals surface area contributed by atoms with Crippen LogP contribution in [0.5, 0.6) is 11.5 Å². The van der Waals surface area contributed by atoms with Crippen molar-refractivity contribution in [2.24, 2.45) is 5.41 Å². The van der Waals surface area contributed by atoms with E-state index in [4.69, 9.17) is 14.2 Å². The molecule has 1 amide bonds. The second-order valence-corrected chi connectivity index (χ2v) is 8.27. The summed E-state index contributed by atoms with van der Waals surface area (Å²) in [7, 11) is 1.30. The van der Waals surface area contributed by atoms with Crippen LogP contribution < -0.4 is 14.8 Å². The third-order valence-corrected chi connectivity index (χ3v) is 5.26. The van der Waals surface area contributed by atoms with Gasteiger partial charge in [-0.1, -0.05) is 57.2 Å². The normalized spacial score (nSPS) is 18.8. The summed E-state index contributed by atoms with van der Waals surface area (Å²) in [6, 6.07) is 13.8. The number of methoxy groups -OCH3 is 1. The molecule has 1 unspecified atom stereocenters. The number of para-hydroxylation sites is 1. The van der Waals surface area contributed by atoms with E-state index in [2.05, 4.69) is 5.32 Å². The van der Waals surface area contributed by atoms with Crippen LogP contribution in [-0.2, 0) is 16.0 Å². The van der Waals surface area contributed by atoms with Crippen molar-refractivity contribution in [3.8, 4) is 11.5 Å². The Balaban J connectivity index is 1.84. The smallest absolute Gasteiger partial charge is 0.328 e. The van der Waals surface area contributed by atoms with Gasteiger partial charge in [-0.25, -0.2) is 4.79 Å². The predicted molar refractivity (Wildman–Crippen MR) is 109 cm³/mol. The average molecular weight is 397 g/mol. The molecule has 154 valence electrons. The number of esters is 1. The van der Waals surface area contributed by atoms with Gasteiger partial charge in [-0.3, -0.25) is 4.79 Å². The number of hydrogen-bond donors (Lipinski definition) is 1. The second-order valence-electron chi connectivity index (χ2n) is 8.27. The van der Waals surface area contributed by atoms with Gasteiger partial charge in [-0.2, -0.15) is 0 Å². The Kier molecular flexibility index (Phi) is 5.55. The summed E-state index contributed by atoms with van der Waals surface area (Å²) in [5.74, 6) is -0.947. The minimum Gasteiger partial charge on any atom is -0.467 e. The number of fused-ring (bicyclic) bond motifs is 1. The molecule has 2 aromatic rings. The molecule has 0 spiro atoms. The molecular weight excluding hydrogens is 370 g/mol. The Labute approximate surface area is 171 Å². The topological polar surface area (TPSA) is 73.9 Å². The lowest BCUT2D eigenvalue weighted by atomic mass is 9.87. The molecule has 1 heterocycles. The predicted octanol–water partition coefficient (Wildman–Crippen LogP) is 3.73. The highest BCUT2D eigenvalue weighted by Crippen LogP contribution is 2.48. The maximum Gasteiger partial charge on any atom is 0.328 e. The Morgan fingerprint density at radius 3 is 2.38 bits per heavy atom. The van der Waals surface area contributed by atoms with Crippen LogP contribution in [-0.4, -0.2) is 30.8 Å². The molecule has 1 N–H and O–H groups in total. The summed E-state index contributed by atoms with van der Waals surface area (Å²) in [5.41, 5.74) is 0.917. The highest BCUT2D eigenvalue weighted by Gasteiger charge is 2.48. The van der Waals surface area contributed by atoms with E-state index >= 15 is 0 Å². The molecular formula is C23H27NO5. The van der Waals surface area contributed by atoms with Crippen molar-refractivity contribution in [1.82, 2.24) is 5.32 Å². The van der Waals surface area contributed by atoms with Gasteiger partial charge in [0.1, 0.15) is 6.04 Å².